The van der Waals surface area contributed by atoms with Crippen LogP contribution in [0.3, 0.4) is 0 Å². The van der Waals surface area contributed by atoms with Gasteiger partial charge in [0.2, 0.25) is 0 Å². The number of aromatic carboxylic acids is 1. The lowest BCUT2D eigenvalue weighted by Gasteiger charge is -2.25. The molecule has 0 saturated carbocycles. The summed E-state index contributed by atoms with van der Waals surface area (Å²) >= 11 is 0. The third kappa shape index (κ3) is 4.05. The molecule has 138 valence electrons. The first-order valence-electron chi connectivity index (χ1n) is 8.15. The molecule has 1 fully saturated rings. The number of likely N-dealkylation sites (tertiary alicyclic amines) is 1. The van der Waals surface area contributed by atoms with E-state index in [0.29, 0.717) is 25.1 Å². The van der Waals surface area contributed by atoms with Gasteiger partial charge in [-0.15, -0.1) is 0 Å². The molecule has 1 aliphatic heterocycles. The van der Waals surface area contributed by atoms with Crippen LogP contribution < -0.4 is 0 Å². The fourth-order valence-corrected chi connectivity index (χ4v) is 3.31. The molecule has 2 N–H and O–H groups in total. The molecule has 4 nitrogen and oxygen atoms in total. The van der Waals surface area contributed by atoms with Crippen molar-refractivity contribution >= 4 is 5.97 Å². The Morgan fingerprint density at radius 2 is 1.85 bits per heavy atom. The van der Waals surface area contributed by atoms with Crippen LogP contribution in [0, 0.1) is 0 Å². The smallest absolute Gasteiger partial charge is 0.416 e. The Balaban J connectivity index is 1.82. The number of hydrogen-bond donors (Lipinski definition) is 2. The number of carbonyl (C=O) groups is 1. The zero-order valence-electron chi connectivity index (χ0n) is 13.8. The molecule has 3 rings (SSSR count). The second-order valence-corrected chi connectivity index (χ2v) is 6.46. The molecule has 0 radical (unpaired) electrons. The minimum absolute atomic E-state index is 0.171. The molecule has 0 amide bonds. The van der Waals surface area contributed by atoms with Gasteiger partial charge in [-0.05, 0) is 41.8 Å². The number of nitrogens with zero attached hydrogens (tertiary/aromatic N) is 1. The fraction of sp³-hybridized carbons (Fsp3) is 0.316. The molecule has 0 aliphatic carbocycles. The second kappa shape index (κ2) is 7.09. The van der Waals surface area contributed by atoms with Crippen molar-refractivity contribution in [3.05, 3.63) is 70.8 Å². The highest BCUT2D eigenvalue weighted by atomic mass is 19.4. The topological polar surface area (TPSA) is 60.8 Å². The summed E-state index contributed by atoms with van der Waals surface area (Å²) in [6.07, 6.45) is -4.67. The lowest BCUT2D eigenvalue weighted by atomic mass is 10.0. The molecule has 0 bridgehead atoms. The van der Waals surface area contributed by atoms with E-state index >= 15 is 0 Å². The van der Waals surface area contributed by atoms with Crippen molar-refractivity contribution in [3.8, 4) is 0 Å². The highest BCUT2D eigenvalue weighted by Crippen LogP contribution is 2.36. The zero-order chi connectivity index (χ0) is 18.9. The molecule has 1 aliphatic rings. The van der Waals surface area contributed by atoms with Crippen LogP contribution in [0.15, 0.2) is 48.5 Å². The minimum atomic E-state index is -4.41. The van der Waals surface area contributed by atoms with E-state index in [1.807, 2.05) is 4.90 Å². The monoisotopic (exact) mass is 365 g/mol. The molecule has 0 aromatic heterocycles. The number of benzene rings is 2. The standard InChI is InChI=1S/C19H18F3NO3/c20-19(21,22)15-3-1-2-14(8-15)17-9-16(24)11-23(17)10-12-4-6-13(7-5-12)18(25)26/h1-8,16-17,24H,9-11H2,(H,25,26). The van der Waals surface area contributed by atoms with E-state index in [2.05, 4.69) is 0 Å². The Kier molecular flexibility index (Phi) is 5.02. The van der Waals surface area contributed by atoms with Gasteiger partial charge in [-0.3, -0.25) is 4.90 Å². The van der Waals surface area contributed by atoms with E-state index in [1.165, 1.54) is 18.2 Å². The predicted molar refractivity (Wildman–Crippen MR) is 88.6 cm³/mol. The number of alkyl halides is 3. The van der Waals surface area contributed by atoms with Crippen LogP contribution in [0.1, 0.15) is 39.5 Å². The van der Waals surface area contributed by atoms with E-state index in [1.54, 1.807) is 18.2 Å². The van der Waals surface area contributed by atoms with Crippen molar-refractivity contribution < 1.29 is 28.2 Å². The Bertz CT molecular complexity index is 789. The van der Waals surface area contributed by atoms with Crippen LogP contribution in [0.4, 0.5) is 13.2 Å². The van der Waals surface area contributed by atoms with Crippen molar-refractivity contribution in [2.24, 2.45) is 0 Å². The molecule has 2 atom stereocenters. The molecule has 7 heteroatoms. The lowest BCUT2D eigenvalue weighted by Crippen LogP contribution is -2.24. The molecule has 0 spiro atoms. The molecular weight excluding hydrogens is 347 g/mol. The van der Waals surface area contributed by atoms with Crippen LogP contribution in [-0.2, 0) is 12.7 Å². The van der Waals surface area contributed by atoms with E-state index in [-0.39, 0.29) is 11.6 Å². The molecule has 2 aromatic rings. The van der Waals surface area contributed by atoms with Crippen LogP contribution in [-0.4, -0.2) is 33.7 Å². The number of halogens is 3. The van der Waals surface area contributed by atoms with Crippen LogP contribution in [0.2, 0.25) is 0 Å². The summed E-state index contributed by atoms with van der Waals surface area (Å²) in [5, 5.41) is 19.0. The predicted octanol–water partition coefficient (Wildman–Crippen LogP) is 3.71. The highest BCUT2D eigenvalue weighted by molar-refractivity contribution is 5.87. The molecule has 2 aromatic carbocycles. The number of β-amino-alcohol motifs (C(OH)–C–C–N with tert-alkyl or cyclic N) is 1. The van der Waals surface area contributed by atoms with Gasteiger partial charge in [0.15, 0.2) is 0 Å². The van der Waals surface area contributed by atoms with Gasteiger partial charge in [-0.25, -0.2) is 4.79 Å². The van der Waals surface area contributed by atoms with Crippen molar-refractivity contribution in [2.45, 2.75) is 31.3 Å². The maximum Gasteiger partial charge on any atom is 0.416 e. The number of aliphatic hydroxyl groups excluding tert-OH is 1. The number of carboxylic acids is 1. The van der Waals surface area contributed by atoms with Crippen molar-refractivity contribution in [2.75, 3.05) is 6.54 Å². The molecular formula is C19H18F3NO3. The van der Waals surface area contributed by atoms with Gasteiger partial charge in [-0.2, -0.15) is 13.2 Å². The largest absolute Gasteiger partial charge is 0.478 e. The number of aliphatic hydroxyl groups is 1. The highest BCUT2D eigenvalue weighted by Gasteiger charge is 2.35. The van der Waals surface area contributed by atoms with E-state index in [4.69, 9.17) is 5.11 Å². The third-order valence-corrected chi connectivity index (χ3v) is 4.57. The average Bonchev–Trinajstić information content (AvgIpc) is 2.95. The summed E-state index contributed by atoms with van der Waals surface area (Å²) < 4.78 is 38.9. The Labute approximate surface area is 148 Å². The first-order valence-corrected chi connectivity index (χ1v) is 8.15. The quantitative estimate of drug-likeness (QED) is 0.867. The first kappa shape index (κ1) is 18.4. The van der Waals surface area contributed by atoms with Gasteiger partial charge >= 0.3 is 12.1 Å². The first-order chi connectivity index (χ1) is 12.2. The molecule has 1 saturated heterocycles. The Hall–Kier alpha value is -2.38. The van der Waals surface area contributed by atoms with E-state index in [9.17, 15) is 23.1 Å². The number of carboxylic acid groups (broad SMARTS) is 1. The number of rotatable bonds is 4. The molecule has 26 heavy (non-hydrogen) atoms. The molecule has 2 unspecified atom stereocenters. The second-order valence-electron chi connectivity index (χ2n) is 6.46. The third-order valence-electron chi connectivity index (χ3n) is 4.57. The van der Waals surface area contributed by atoms with Gasteiger partial charge in [0.05, 0.1) is 17.2 Å². The van der Waals surface area contributed by atoms with Crippen molar-refractivity contribution in [1.82, 2.24) is 4.90 Å². The summed E-state index contributed by atoms with van der Waals surface area (Å²) in [6, 6.07) is 11.2. The fourth-order valence-electron chi connectivity index (χ4n) is 3.31. The van der Waals surface area contributed by atoms with Crippen molar-refractivity contribution in [1.29, 1.82) is 0 Å². The van der Waals surface area contributed by atoms with E-state index < -0.39 is 23.8 Å². The van der Waals surface area contributed by atoms with Gasteiger partial charge < -0.3 is 10.2 Å². The summed E-state index contributed by atoms with van der Waals surface area (Å²) in [5.41, 5.74) is 0.811. The zero-order valence-corrected chi connectivity index (χ0v) is 13.8. The van der Waals surface area contributed by atoms with Crippen LogP contribution >= 0.6 is 0 Å². The van der Waals surface area contributed by atoms with Gasteiger partial charge in [-0.1, -0.05) is 24.3 Å². The van der Waals surface area contributed by atoms with Gasteiger partial charge in [0, 0.05) is 19.1 Å². The summed E-state index contributed by atoms with van der Waals surface area (Å²) in [4.78, 5) is 12.8. The Morgan fingerprint density at radius 3 is 2.46 bits per heavy atom. The lowest BCUT2D eigenvalue weighted by molar-refractivity contribution is -0.137. The average molecular weight is 365 g/mol. The van der Waals surface area contributed by atoms with Crippen LogP contribution in [0.5, 0.6) is 0 Å². The minimum Gasteiger partial charge on any atom is -0.478 e. The maximum atomic E-state index is 13.0. The number of hydrogen-bond acceptors (Lipinski definition) is 3. The van der Waals surface area contributed by atoms with Gasteiger partial charge in [0.1, 0.15) is 0 Å². The van der Waals surface area contributed by atoms with Gasteiger partial charge in [0.25, 0.3) is 0 Å². The summed E-state index contributed by atoms with van der Waals surface area (Å²) in [6.45, 7) is 0.763. The normalized spacial score (nSPS) is 21.1. The Morgan fingerprint density at radius 1 is 1.15 bits per heavy atom. The molecule has 1 heterocycles. The van der Waals surface area contributed by atoms with E-state index in [0.717, 1.165) is 17.7 Å². The SMILES string of the molecule is O=C(O)c1ccc(CN2CC(O)CC2c2cccc(C(F)(F)F)c2)cc1. The summed E-state index contributed by atoms with van der Waals surface area (Å²) in [7, 11) is 0. The summed E-state index contributed by atoms with van der Waals surface area (Å²) in [5.74, 6) is -1.02. The van der Waals surface area contributed by atoms with Crippen molar-refractivity contribution in [3.63, 3.8) is 0 Å². The van der Waals surface area contributed by atoms with Crippen LogP contribution in [0.25, 0.3) is 0 Å². The maximum absolute atomic E-state index is 13.0.